The van der Waals surface area contributed by atoms with Crippen molar-refractivity contribution in [1.29, 1.82) is 0 Å². The van der Waals surface area contributed by atoms with Crippen LogP contribution in [0.1, 0.15) is 74.6 Å². The van der Waals surface area contributed by atoms with Crippen molar-refractivity contribution >= 4 is 5.91 Å². The summed E-state index contributed by atoms with van der Waals surface area (Å²) in [7, 11) is 0. The number of carbonyl (C=O) groups excluding carboxylic acids is 1. The van der Waals surface area contributed by atoms with Crippen molar-refractivity contribution in [3.63, 3.8) is 0 Å². The number of aryl methyl sites for hydroxylation is 1. The molecule has 1 aromatic heterocycles. The van der Waals surface area contributed by atoms with E-state index in [1.807, 2.05) is 18.2 Å². The summed E-state index contributed by atoms with van der Waals surface area (Å²) in [4.78, 5) is 17.3. The molecule has 1 N–H and O–H groups in total. The first-order valence-corrected chi connectivity index (χ1v) is 9.44. The van der Waals surface area contributed by atoms with Crippen LogP contribution in [0.25, 0.3) is 0 Å². The van der Waals surface area contributed by atoms with Gasteiger partial charge >= 0.3 is 0 Å². The van der Waals surface area contributed by atoms with E-state index in [0.717, 1.165) is 50.8 Å². The molecule has 2 aliphatic carbocycles. The van der Waals surface area contributed by atoms with Crippen molar-refractivity contribution in [1.82, 2.24) is 15.5 Å². The molecule has 1 aromatic carbocycles. The lowest BCUT2D eigenvalue weighted by Gasteiger charge is -2.34. The molecule has 0 radical (unpaired) electrons. The molecule has 1 heterocycles. The fraction of sp³-hybridized carbons (Fsp3) is 0.550. The molecule has 0 spiro atoms. The maximum atomic E-state index is 12.6. The van der Waals surface area contributed by atoms with Crippen LogP contribution in [-0.4, -0.2) is 16.0 Å². The number of hydrogen-bond acceptors (Lipinski definition) is 4. The number of nitrogens with zero attached hydrogens (tertiary/aromatic N) is 2. The summed E-state index contributed by atoms with van der Waals surface area (Å²) in [6.45, 7) is 0. The van der Waals surface area contributed by atoms with Crippen molar-refractivity contribution in [3.8, 4) is 0 Å². The van der Waals surface area contributed by atoms with E-state index in [1.54, 1.807) is 0 Å². The van der Waals surface area contributed by atoms with Crippen molar-refractivity contribution in [2.45, 2.75) is 69.2 Å². The molecular weight excluding hydrogens is 314 g/mol. The minimum absolute atomic E-state index is 0.0666. The van der Waals surface area contributed by atoms with E-state index < -0.39 is 5.54 Å². The lowest BCUT2D eigenvalue weighted by molar-refractivity contribution is -0.124. The van der Waals surface area contributed by atoms with E-state index in [2.05, 4.69) is 27.6 Å². The molecular formula is C20H25N3O2. The SMILES string of the molecule is O=C(CCc1ccccc1)NC1(c2nc(C3CC3)no2)CCCCC1. The molecule has 132 valence electrons. The Morgan fingerprint density at radius 2 is 1.92 bits per heavy atom. The van der Waals surface area contributed by atoms with E-state index >= 15 is 0 Å². The smallest absolute Gasteiger partial charge is 0.252 e. The van der Waals surface area contributed by atoms with Crippen LogP contribution in [0.2, 0.25) is 0 Å². The second kappa shape index (κ2) is 6.98. The molecule has 2 saturated carbocycles. The highest BCUT2D eigenvalue weighted by Crippen LogP contribution is 2.41. The summed E-state index contributed by atoms with van der Waals surface area (Å²) < 4.78 is 5.60. The second-order valence-electron chi connectivity index (χ2n) is 7.41. The topological polar surface area (TPSA) is 68.0 Å². The quantitative estimate of drug-likeness (QED) is 0.868. The normalized spacial score (nSPS) is 19.5. The van der Waals surface area contributed by atoms with Gasteiger partial charge in [-0.05, 0) is 37.7 Å². The Bertz CT molecular complexity index is 716. The van der Waals surface area contributed by atoms with E-state index in [-0.39, 0.29) is 5.91 Å². The van der Waals surface area contributed by atoms with Crippen LogP contribution in [0.4, 0.5) is 0 Å². The molecule has 0 unspecified atom stereocenters. The Morgan fingerprint density at radius 1 is 1.16 bits per heavy atom. The number of carbonyl (C=O) groups is 1. The van der Waals surface area contributed by atoms with Crippen LogP contribution in [0.3, 0.4) is 0 Å². The van der Waals surface area contributed by atoms with Gasteiger partial charge in [0.2, 0.25) is 5.91 Å². The molecule has 2 aliphatic rings. The van der Waals surface area contributed by atoms with Gasteiger partial charge in [-0.3, -0.25) is 4.79 Å². The van der Waals surface area contributed by atoms with Gasteiger partial charge in [0.25, 0.3) is 5.89 Å². The molecule has 2 fully saturated rings. The monoisotopic (exact) mass is 339 g/mol. The average Bonchev–Trinajstić information content (AvgIpc) is 3.38. The average molecular weight is 339 g/mol. The van der Waals surface area contributed by atoms with Crippen LogP contribution in [0.15, 0.2) is 34.9 Å². The Kier molecular flexibility index (Phi) is 4.55. The first-order chi connectivity index (χ1) is 12.3. The van der Waals surface area contributed by atoms with Gasteiger partial charge in [0.15, 0.2) is 5.82 Å². The summed E-state index contributed by atoms with van der Waals surface area (Å²) in [5.41, 5.74) is 0.718. The largest absolute Gasteiger partial charge is 0.342 e. The molecule has 0 bridgehead atoms. The zero-order valence-electron chi connectivity index (χ0n) is 14.5. The van der Waals surface area contributed by atoms with Crippen LogP contribution >= 0.6 is 0 Å². The third kappa shape index (κ3) is 3.75. The summed E-state index contributed by atoms with van der Waals surface area (Å²) in [6, 6.07) is 10.1. The molecule has 4 rings (SSSR count). The van der Waals surface area contributed by atoms with Gasteiger partial charge in [-0.2, -0.15) is 4.98 Å². The minimum atomic E-state index is -0.466. The van der Waals surface area contributed by atoms with Gasteiger partial charge < -0.3 is 9.84 Å². The zero-order chi connectivity index (χ0) is 17.1. The fourth-order valence-corrected chi connectivity index (χ4v) is 3.72. The van der Waals surface area contributed by atoms with Gasteiger partial charge in [-0.1, -0.05) is 54.8 Å². The number of rotatable bonds is 6. The van der Waals surface area contributed by atoms with Gasteiger partial charge in [-0.15, -0.1) is 0 Å². The maximum Gasteiger partial charge on any atom is 0.252 e. The number of benzene rings is 1. The highest BCUT2D eigenvalue weighted by Gasteiger charge is 2.41. The Hall–Kier alpha value is -2.17. The molecule has 1 amide bonds. The highest BCUT2D eigenvalue weighted by atomic mass is 16.5. The predicted molar refractivity (Wildman–Crippen MR) is 93.9 cm³/mol. The summed E-state index contributed by atoms with van der Waals surface area (Å²) in [6.07, 6.45) is 8.67. The molecule has 2 aromatic rings. The third-order valence-electron chi connectivity index (χ3n) is 5.36. The first kappa shape index (κ1) is 16.3. The Balaban J connectivity index is 1.45. The van der Waals surface area contributed by atoms with E-state index in [9.17, 15) is 4.79 Å². The van der Waals surface area contributed by atoms with Crippen LogP contribution in [0, 0.1) is 0 Å². The fourth-order valence-electron chi connectivity index (χ4n) is 3.72. The summed E-state index contributed by atoms with van der Waals surface area (Å²) in [5.74, 6) is 1.96. The standard InChI is InChI=1S/C20H25N3O2/c24-17(12-9-15-7-3-1-4-8-15)22-20(13-5-2-6-14-20)19-21-18(23-25-19)16-10-11-16/h1,3-4,7-8,16H,2,5-6,9-14H2,(H,22,24). The first-order valence-electron chi connectivity index (χ1n) is 9.44. The molecule has 0 aliphatic heterocycles. The summed E-state index contributed by atoms with van der Waals surface area (Å²) in [5, 5.41) is 7.42. The van der Waals surface area contributed by atoms with Crippen LogP contribution in [-0.2, 0) is 16.8 Å². The second-order valence-corrected chi connectivity index (χ2v) is 7.41. The Morgan fingerprint density at radius 3 is 2.64 bits per heavy atom. The molecule has 5 heteroatoms. The molecule has 0 atom stereocenters. The van der Waals surface area contributed by atoms with Gasteiger partial charge in [0, 0.05) is 12.3 Å². The van der Waals surface area contributed by atoms with E-state index in [1.165, 1.54) is 12.0 Å². The van der Waals surface area contributed by atoms with Gasteiger partial charge in [0.1, 0.15) is 5.54 Å². The minimum Gasteiger partial charge on any atom is -0.342 e. The molecule has 5 nitrogen and oxygen atoms in total. The van der Waals surface area contributed by atoms with E-state index in [0.29, 0.717) is 18.2 Å². The summed E-state index contributed by atoms with van der Waals surface area (Å²) >= 11 is 0. The molecule has 0 saturated heterocycles. The van der Waals surface area contributed by atoms with Crippen molar-refractivity contribution < 1.29 is 9.32 Å². The lowest BCUT2D eigenvalue weighted by atomic mass is 9.81. The maximum absolute atomic E-state index is 12.6. The lowest BCUT2D eigenvalue weighted by Crippen LogP contribution is -2.47. The highest BCUT2D eigenvalue weighted by molar-refractivity contribution is 5.77. The number of hydrogen-bond donors (Lipinski definition) is 1. The van der Waals surface area contributed by atoms with Crippen molar-refractivity contribution in [2.24, 2.45) is 0 Å². The predicted octanol–water partition coefficient (Wildman–Crippen LogP) is 3.86. The number of nitrogens with one attached hydrogen (secondary N) is 1. The van der Waals surface area contributed by atoms with Gasteiger partial charge in [0.05, 0.1) is 0 Å². The van der Waals surface area contributed by atoms with Crippen molar-refractivity contribution in [2.75, 3.05) is 0 Å². The molecule has 25 heavy (non-hydrogen) atoms. The third-order valence-corrected chi connectivity index (χ3v) is 5.36. The van der Waals surface area contributed by atoms with E-state index in [4.69, 9.17) is 4.52 Å². The van der Waals surface area contributed by atoms with Crippen LogP contribution in [0.5, 0.6) is 0 Å². The Labute approximate surface area is 148 Å². The van der Waals surface area contributed by atoms with Gasteiger partial charge in [-0.25, -0.2) is 0 Å². The number of amides is 1. The van der Waals surface area contributed by atoms with Crippen molar-refractivity contribution in [3.05, 3.63) is 47.6 Å². The number of aromatic nitrogens is 2. The zero-order valence-corrected chi connectivity index (χ0v) is 14.5. The van der Waals surface area contributed by atoms with Crippen LogP contribution < -0.4 is 5.32 Å².